The lowest BCUT2D eigenvalue weighted by molar-refractivity contribution is -0.143. The summed E-state index contributed by atoms with van der Waals surface area (Å²) >= 11 is 0. The van der Waals surface area contributed by atoms with Gasteiger partial charge in [-0.2, -0.15) is 0 Å². The number of ether oxygens (including phenoxy) is 1. The zero-order valence-corrected chi connectivity index (χ0v) is 60.7. The molecule has 0 aliphatic heterocycles. The Morgan fingerprint density at radius 1 is 0.303 bits per heavy atom. The molecule has 2 atom stereocenters. The number of hydrogen-bond acceptors (Lipinski definition) is 5. The Morgan fingerprint density at radius 3 is 0.798 bits per heavy atom. The molecule has 0 fully saturated rings. The van der Waals surface area contributed by atoms with Crippen molar-refractivity contribution in [1.82, 2.24) is 5.32 Å². The minimum atomic E-state index is -0.845. The molecule has 6 heteroatoms. The van der Waals surface area contributed by atoms with E-state index in [1.54, 1.807) is 6.08 Å². The third-order valence-electron chi connectivity index (χ3n) is 19.5. The van der Waals surface area contributed by atoms with Gasteiger partial charge in [-0.25, -0.2) is 0 Å². The number of amides is 1. The Balaban J connectivity index is 3.38. The molecule has 0 bridgehead atoms. The Hall–Kier alpha value is -1.66. The zero-order valence-electron chi connectivity index (χ0n) is 60.7. The van der Waals surface area contributed by atoms with Gasteiger partial charge in [0.15, 0.2) is 0 Å². The Kier molecular flexibility index (Phi) is 77.3. The van der Waals surface area contributed by atoms with Crippen molar-refractivity contribution in [3.05, 3.63) is 24.3 Å². The number of aliphatic hydroxyl groups is 2. The molecule has 0 rings (SSSR count). The fourth-order valence-electron chi connectivity index (χ4n) is 13.2. The summed E-state index contributed by atoms with van der Waals surface area (Å²) in [7, 11) is 0. The fourth-order valence-corrected chi connectivity index (χ4v) is 13.2. The summed E-state index contributed by atoms with van der Waals surface area (Å²) in [6.07, 6.45) is 102. The van der Waals surface area contributed by atoms with Crippen LogP contribution in [0.5, 0.6) is 0 Å². The van der Waals surface area contributed by atoms with Crippen molar-refractivity contribution in [3.8, 4) is 0 Å². The van der Waals surface area contributed by atoms with Gasteiger partial charge in [-0.05, 0) is 57.8 Å². The highest BCUT2D eigenvalue weighted by Gasteiger charge is 2.18. The number of hydrogen-bond donors (Lipinski definition) is 3. The minimum absolute atomic E-state index is 0.0222. The van der Waals surface area contributed by atoms with Gasteiger partial charge in [-0.1, -0.05) is 423 Å². The van der Waals surface area contributed by atoms with Gasteiger partial charge in [-0.15, -0.1) is 0 Å². The van der Waals surface area contributed by atoms with Crippen molar-refractivity contribution in [1.29, 1.82) is 0 Å². The van der Waals surface area contributed by atoms with Crippen LogP contribution in [0.2, 0.25) is 0 Å². The highest BCUT2D eigenvalue weighted by atomic mass is 16.5. The average Bonchev–Trinajstić information content (AvgIpc) is 3.57. The van der Waals surface area contributed by atoms with Gasteiger partial charge in [0.2, 0.25) is 5.91 Å². The van der Waals surface area contributed by atoms with E-state index in [1.807, 2.05) is 6.08 Å². The van der Waals surface area contributed by atoms with Gasteiger partial charge in [0, 0.05) is 12.8 Å². The molecule has 3 N–H and O–H groups in total. The lowest BCUT2D eigenvalue weighted by Crippen LogP contribution is -2.45. The van der Waals surface area contributed by atoms with Crippen LogP contribution < -0.4 is 5.32 Å². The molecule has 89 heavy (non-hydrogen) atoms. The van der Waals surface area contributed by atoms with E-state index in [2.05, 4.69) is 31.3 Å². The van der Waals surface area contributed by atoms with E-state index < -0.39 is 12.1 Å². The summed E-state index contributed by atoms with van der Waals surface area (Å²) in [5, 5.41) is 23.3. The molecule has 1 amide bonds. The smallest absolute Gasteiger partial charge is 0.305 e. The Bertz CT molecular complexity index is 1400. The van der Waals surface area contributed by atoms with E-state index in [1.165, 1.54) is 405 Å². The van der Waals surface area contributed by atoms with Crippen molar-refractivity contribution in [2.75, 3.05) is 13.2 Å². The molecule has 528 valence electrons. The molecular weight excluding hydrogens is 1090 g/mol. The molecule has 0 heterocycles. The van der Waals surface area contributed by atoms with E-state index in [4.69, 9.17) is 4.74 Å². The summed E-state index contributed by atoms with van der Waals surface area (Å²) in [4.78, 5) is 24.7. The number of allylic oxidation sites excluding steroid dienone is 3. The van der Waals surface area contributed by atoms with Crippen LogP contribution in [0.1, 0.15) is 470 Å². The van der Waals surface area contributed by atoms with Gasteiger partial charge in [0.25, 0.3) is 0 Å². The molecule has 0 aromatic rings. The SMILES string of the molecule is CCCCCCCCCCCCCCCCCCCCCCCC/C=C/C(O)C(CO)NC(=O)CCCCCCCCCCCCCCC/C=C\CCCCCCCCCCCCCCOC(=O)CCCCCCCCCCCCCCCCCCCCC. The summed E-state index contributed by atoms with van der Waals surface area (Å²) < 4.78 is 5.52. The van der Waals surface area contributed by atoms with Gasteiger partial charge >= 0.3 is 5.97 Å². The van der Waals surface area contributed by atoms with E-state index in [0.717, 1.165) is 38.5 Å². The predicted octanol–water partition coefficient (Wildman–Crippen LogP) is 27.2. The van der Waals surface area contributed by atoms with Crippen LogP contribution in [0, 0.1) is 0 Å². The van der Waals surface area contributed by atoms with Crippen LogP contribution >= 0.6 is 0 Å². The third kappa shape index (κ3) is 75.3. The van der Waals surface area contributed by atoms with E-state index in [0.29, 0.717) is 19.4 Å². The molecule has 6 nitrogen and oxygen atoms in total. The highest BCUT2D eigenvalue weighted by molar-refractivity contribution is 5.76. The predicted molar refractivity (Wildman–Crippen MR) is 393 cm³/mol. The second-order valence-corrected chi connectivity index (χ2v) is 28.5. The number of esters is 1. The van der Waals surface area contributed by atoms with Crippen LogP contribution in [0.4, 0.5) is 0 Å². The first-order valence-corrected chi connectivity index (χ1v) is 41.1. The Morgan fingerprint density at radius 2 is 0.528 bits per heavy atom. The third-order valence-corrected chi connectivity index (χ3v) is 19.5. The summed E-state index contributed by atoms with van der Waals surface area (Å²) in [5.41, 5.74) is 0. The van der Waals surface area contributed by atoms with Crippen molar-refractivity contribution < 1.29 is 24.5 Å². The number of nitrogens with one attached hydrogen (secondary N) is 1. The molecule has 0 aliphatic rings. The maximum atomic E-state index is 12.6. The molecule has 2 unspecified atom stereocenters. The van der Waals surface area contributed by atoms with Crippen molar-refractivity contribution in [2.24, 2.45) is 0 Å². The molecular formula is C83H161NO5. The molecule has 0 spiro atoms. The topological polar surface area (TPSA) is 95.9 Å². The van der Waals surface area contributed by atoms with Crippen molar-refractivity contribution in [3.63, 3.8) is 0 Å². The van der Waals surface area contributed by atoms with Crippen LogP contribution in [0.3, 0.4) is 0 Å². The molecule has 0 saturated carbocycles. The van der Waals surface area contributed by atoms with Crippen LogP contribution in [-0.2, 0) is 14.3 Å². The Labute approximate surface area is 558 Å². The monoisotopic (exact) mass is 1250 g/mol. The minimum Gasteiger partial charge on any atom is -0.466 e. The van der Waals surface area contributed by atoms with E-state index in [-0.39, 0.29) is 18.5 Å². The number of aliphatic hydroxyl groups excluding tert-OH is 2. The quantitative estimate of drug-likeness (QED) is 0.0320. The number of unbranched alkanes of at least 4 members (excludes halogenated alkanes) is 65. The second-order valence-electron chi connectivity index (χ2n) is 28.5. The van der Waals surface area contributed by atoms with E-state index >= 15 is 0 Å². The molecule has 0 saturated heterocycles. The lowest BCUT2D eigenvalue weighted by Gasteiger charge is -2.20. The standard InChI is InChI=1S/C83H161NO5/c1-3-5-7-9-11-13-15-17-19-21-23-24-25-33-36-40-43-47-51-55-59-63-67-71-75-81(86)80(79-85)84-82(87)76-72-68-64-60-56-52-48-44-41-37-34-31-29-27-26-28-30-32-35-38-42-46-50-54-58-62-66-70-74-78-89-83(88)77-73-69-65-61-57-53-49-45-39-22-20-18-16-14-12-10-8-6-4-2/h26,28,71,75,80-81,85-86H,3-25,27,29-70,72-74,76-79H2,1-2H3,(H,84,87)/b28-26-,75-71+. The second kappa shape index (κ2) is 78.8. The van der Waals surface area contributed by atoms with Crippen LogP contribution in [0.25, 0.3) is 0 Å². The first kappa shape index (κ1) is 87.3. The summed E-state index contributed by atoms with van der Waals surface area (Å²) in [5.74, 6) is -0.0395. The van der Waals surface area contributed by atoms with E-state index in [9.17, 15) is 19.8 Å². The molecule has 0 aromatic heterocycles. The first-order valence-electron chi connectivity index (χ1n) is 41.1. The van der Waals surface area contributed by atoms with Gasteiger partial charge in [-0.3, -0.25) is 9.59 Å². The first-order chi connectivity index (χ1) is 44.0. The average molecular weight is 1250 g/mol. The lowest BCUT2D eigenvalue weighted by atomic mass is 10.0. The van der Waals surface area contributed by atoms with Gasteiger partial charge in [0.1, 0.15) is 0 Å². The zero-order chi connectivity index (χ0) is 64.2. The molecule has 0 aliphatic carbocycles. The summed E-state index contributed by atoms with van der Waals surface area (Å²) in [6, 6.07) is -0.629. The van der Waals surface area contributed by atoms with Crippen molar-refractivity contribution >= 4 is 11.9 Å². The summed E-state index contributed by atoms with van der Waals surface area (Å²) in [6.45, 7) is 4.97. The maximum absolute atomic E-state index is 12.6. The highest BCUT2D eigenvalue weighted by Crippen LogP contribution is 2.20. The van der Waals surface area contributed by atoms with Crippen LogP contribution in [-0.4, -0.2) is 47.4 Å². The molecule has 0 radical (unpaired) electrons. The van der Waals surface area contributed by atoms with Gasteiger partial charge in [0.05, 0.1) is 25.4 Å². The number of carbonyl (C=O) groups is 2. The normalized spacial score (nSPS) is 12.5. The largest absolute Gasteiger partial charge is 0.466 e. The number of rotatable bonds is 78. The molecule has 0 aromatic carbocycles. The fraction of sp³-hybridized carbons (Fsp3) is 0.928. The van der Waals surface area contributed by atoms with Crippen LogP contribution in [0.15, 0.2) is 24.3 Å². The van der Waals surface area contributed by atoms with Gasteiger partial charge < -0.3 is 20.3 Å². The van der Waals surface area contributed by atoms with Crippen molar-refractivity contribution in [2.45, 2.75) is 482 Å². The number of carbonyl (C=O) groups excluding carboxylic acids is 2. The maximum Gasteiger partial charge on any atom is 0.305 e.